The summed E-state index contributed by atoms with van der Waals surface area (Å²) in [7, 11) is 0. The number of nitrogens with zero attached hydrogens (tertiary/aromatic N) is 3. The van der Waals surface area contributed by atoms with Crippen molar-refractivity contribution < 1.29 is 14.3 Å². The van der Waals surface area contributed by atoms with E-state index in [9.17, 15) is 9.59 Å². The number of ether oxygens (including phenoxy) is 1. The molecule has 0 radical (unpaired) electrons. The van der Waals surface area contributed by atoms with Crippen LogP contribution in [0.5, 0.6) is 0 Å². The van der Waals surface area contributed by atoms with Crippen LogP contribution in [0.4, 0.5) is 5.82 Å². The molecule has 6 heteroatoms. The Morgan fingerprint density at radius 3 is 2.44 bits per heavy atom. The number of pyridine rings is 1. The number of anilines is 1. The smallest absolute Gasteiger partial charge is 0.339 e. The fraction of sp³-hybridized carbons (Fsp3) is 0.667. The molecule has 0 bridgehead atoms. The number of amides is 1. The van der Waals surface area contributed by atoms with Crippen LogP contribution in [0, 0.1) is 11.8 Å². The summed E-state index contributed by atoms with van der Waals surface area (Å²) < 4.78 is 5.00. The molecule has 0 aromatic carbocycles. The van der Waals surface area contributed by atoms with Gasteiger partial charge >= 0.3 is 5.97 Å². The van der Waals surface area contributed by atoms with Crippen molar-refractivity contribution in [2.24, 2.45) is 11.8 Å². The molecule has 0 saturated carbocycles. The van der Waals surface area contributed by atoms with Crippen LogP contribution in [0.25, 0.3) is 0 Å². The third-order valence-electron chi connectivity index (χ3n) is 5.54. The molecular weight excluding hydrogens is 342 g/mol. The summed E-state index contributed by atoms with van der Waals surface area (Å²) in [5.41, 5.74) is 0.464. The van der Waals surface area contributed by atoms with Gasteiger partial charge in [0.2, 0.25) is 5.91 Å². The van der Waals surface area contributed by atoms with Crippen molar-refractivity contribution >= 4 is 17.7 Å². The highest BCUT2D eigenvalue weighted by atomic mass is 16.5. The molecule has 1 atom stereocenters. The van der Waals surface area contributed by atoms with Crippen molar-refractivity contribution in [3.8, 4) is 0 Å². The maximum atomic E-state index is 12.9. The number of hydrogen-bond donors (Lipinski definition) is 0. The number of carbonyl (C=O) groups excluding carboxylic acids is 2. The van der Waals surface area contributed by atoms with E-state index >= 15 is 0 Å². The average Bonchev–Trinajstić information content (AvgIpc) is 2.95. The first-order valence-corrected chi connectivity index (χ1v) is 10.2. The van der Waals surface area contributed by atoms with Crippen molar-refractivity contribution in [3.63, 3.8) is 0 Å². The second-order valence-corrected chi connectivity index (χ2v) is 7.16. The predicted octanol–water partition coefficient (Wildman–Crippen LogP) is 3.37. The zero-order valence-electron chi connectivity index (χ0n) is 17.1. The van der Waals surface area contributed by atoms with Crippen LogP contribution in [0.2, 0.25) is 0 Å². The van der Waals surface area contributed by atoms with Crippen LogP contribution >= 0.6 is 0 Å². The minimum Gasteiger partial charge on any atom is -0.462 e. The summed E-state index contributed by atoms with van der Waals surface area (Å²) in [5.74, 6) is 1.30. The molecule has 1 aliphatic heterocycles. The third kappa shape index (κ3) is 5.44. The monoisotopic (exact) mass is 375 g/mol. The van der Waals surface area contributed by atoms with E-state index in [1.165, 1.54) is 0 Å². The molecule has 2 heterocycles. The fourth-order valence-electron chi connectivity index (χ4n) is 3.76. The molecule has 0 aliphatic carbocycles. The van der Waals surface area contributed by atoms with Gasteiger partial charge in [-0.3, -0.25) is 4.79 Å². The first-order valence-electron chi connectivity index (χ1n) is 10.2. The highest BCUT2D eigenvalue weighted by molar-refractivity contribution is 5.89. The van der Waals surface area contributed by atoms with Gasteiger partial charge in [0.05, 0.1) is 12.2 Å². The first kappa shape index (κ1) is 21.2. The van der Waals surface area contributed by atoms with Crippen molar-refractivity contribution in [2.75, 3.05) is 37.7 Å². The summed E-state index contributed by atoms with van der Waals surface area (Å²) in [5, 5.41) is 0. The lowest BCUT2D eigenvalue weighted by atomic mass is 9.88. The van der Waals surface area contributed by atoms with E-state index in [-0.39, 0.29) is 17.8 Å². The molecular formula is C21H33N3O3. The largest absolute Gasteiger partial charge is 0.462 e. The minimum atomic E-state index is -0.348. The van der Waals surface area contributed by atoms with E-state index in [4.69, 9.17) is 4.74 Å². The van der Waals surface area contributed by atoms with Crippen LogP contribution in [0.15, 0.2) is 18.3 Å². The Labute approximate surface area is 162 Å². The van der Waals surface area contributed by atoms with Crippen molar-refractivity contribution in [1.29, 1.82) is 0 Å². The van der Waals surface area contributed by atoms with Gasteiger partial charge in [-0.05, 0) is 31.4 Å². The van der Waals surface area contributed by atoms with Crippen LogP contribution in [-0.4, -0.2) is 54.5 Å². The Hall–Kier alpha value is -2.11. The molecule has 27 heavy (non-hydrogen) atoms. The zero-order chi connectivity index (χ0) is 19.8. The predicted molar refractivity (Wildman–Crippen MR) is 107 cm³/mol. The lowest BCUT2D eigenvalue weighted by Crippen LogP contribution is -2.40. The highest BCUT2D eigenvalue weighted by Gasteiger charge is 2.27. The maximum absolute atomic E-state index is 12.9. The second-order valence-electron chi connectivity index (χ2n) is 7.16. The summed E-state index contributed by atoms with van der Waals surface area (Å²) in [4.78, 5) is 33.3. The zero-order valence-corrected chi connectivity index (χ0v) is 17.1. The Bertz CT molecular complexity index is 614. The molecule has 2 rings (SSSR count). The molecule has 1 aliphatic rings. The van der Waals surface area contributed by atoms with Gasteiger partial charge in [0.1, 0.15) is 5.82 Å². The molecule has 1 aromatic heterocycles. The van der Waals surface area contributed by atoms with Gasteiger partial charge in [-0.25, -0.2) is 9.78 Å². The maximum Gasteiger partial charge on any atom is 0.339 e. The lowest BCUT2D eigenvalue weighted by Gasteiger charge is -2.28. The fourth-order valence-corrected chi connectivity index (χ4v) is 3.76. The Morgan fingerprint density at radius 2 is 1.85 bits per heavy atom. The topological polar surface area (TPSA) is 62.7 Å². The summed E-state index contributed by atoms with van der Waals surface area (Å²) >= 11 is 0. The minimum absolute atomic E-state index is 0.0773. The average molecular weight is 376 g/mol. The molecule has 1 unspecified atom stereocenters. The highest BCUT2D eigenvalue weighted by Crippen LogP contribution is 2.22. The number of hydrogen-bond acceptors (Lipinski definition) is 5. The van der Waals surface area contributed by atoms with Crippen LogP contribution in [-0.2, 0) is 9.53 Å². The molecule has 1 fully saturated rings. The van der Waals surface area contributed by atoms with E-state index in [0.29, 0.717) is 24.6 Å². The van der Waals surface area contributed by atoms with Gasteiger partial charge in [-0.1, -0.05) is 33.6 Å². The second kappa shape index (κ2) is 10.3. The number of esters is 1. The van der Waals surface area contributed by atoms with E-state index in [0.717, 1.165) is 44.7 Å². The van der Waals surface area contributed by atoms with Gasteiger partial charge in [-0.15, -0.1) is 0 Å². The molecule has 1 amide bonds. The van der Waals surface area contributed by atoms with Crippen molar-refractivity contribution in [2.45, 2.75) is 47.0 Å². The summed E-state index contributed by atoms with van der Waals surface area (Å²) in [6.07, 6.45) is 4.57. The van der Waals surface area contributed by atoms with Crippen LogP contribution in [0.1, 0.15) is 57.3 Å². The summed E-state index contributed by atoms with van der Waals surface area (Å²) in [6, 6.07) is 3.61. The van der Waals surface area contributed by atoms with E-state index in [1.807, 2.05) is 11.0 Å². The standard InChI is InChI=1S/C21H33N3O3/c1-5-17(6-2)16(4)20(25)24-12-8-11-23(13-14-24)19-10-9-18(15-22-19)21(26)27-7-3/h9-10,15-17H,5-8,11-14H2,1-4H3. The first-order chi connectivity index (χ1) is 13.0. The van der Waals surface area contributed by atoms with Gasteiger partial charge in [0.25, 0.3) is 0 Å². The number of rotatable bonds is 7. The molecule has 0 N–H and O–H groups in total. The molecule has 6 nitrogen and oxygen atoms in total. The van der Waals surface area contributed by atoms with Gasteiger partial charge in [0.15, 0.2) is 0 Å². The van der Waals surface area contributed by atoms with Gasteiger partial charge in [0, 0.05) is 38.3 Å². The van der Waals surface area contributed by atoms with Crippen LogP contribution < -0.4 is 4.90 Å². The van der Waals surface area contributed by atoms with Crippen molar-refractivity contribution in [1.82, 2.24) is 9.88 Å². The molecule has 1 saturated heterocycles. The Kier molecular flexibility index (Phi) is 8.07. The van der Waals surface area contributed by atoms with E-state index < -0.39 is 0 Å². The Morgan fingerprint density at radius 1 is 1.11 bits per heavy atom. The van der Waals surface area contributed by atoms with E-state index in [2.05, 4.69) is 30.7 Å². The third-order valence-corrected chi connectivity index (χ3v) is 5.54. The number of aromatic nitrogens is 1. The van der Waals surface area contributed by atoms with Crippen molar-refractivity contribution in [3.05, 3.63) is 23.9 Å². The SMILES string of the molecule is CCOC(=O)c1ccc(N2CCCN(C(=O)C(C)C(CC)CC)CC2)nc1. The van der Waals surface area contributed by atoms with Gasteiger partial charge in [-0.2, -0.15) is 0 Å². The molecule has 150 valence electrons. The van der Waals surface area contributed by atoms with E-state index in [1.54, 1.807) is 19.2 Å². The van der Waals surface area contributed by atoms with Gasteiger partial charge < -0.3 is 14.5 Å². The quantitative estimate of drug-likeness (QED) is 0.684. The lowest BCUT2D eigenvalue weighted by molar-refractivity contribution is -0.136. The normalized spacial score (nSPS) is 16.2. The van der Waals surface area contributed by atoms with Crippen LogP contribution in [0.3, 0.4) is 0 Å². The number of carbonyl (C=O) groups is 2. The Balaban J connectivity index is 1.98. The summed E-state index contributed by atoms with van der Waals surface area (Å²) in [6.45, 7) is 11.6. The molecule has 0 spiro atoms. The molecule has 1 aromatic rings.